The summed E-state index contributed by atoms with van der Waals surface area (Å²) in [5.74, 6) is 0.142. The van der Waals surface area contributed by atoms with Gasteiger partial charge in [0.25, 0.3) is 5.91 Å². The molecule has 1 aliphatic rings. The minimum atomic E-state index is -0.335. The second-order valence-electron chi connectivity index (χ2n) is 10.3. The normalized spacial score (nSPS) is 12.9. The lowest BCUT2D eigenvalue weighted by Crippen LogP contribution is -2.46. The van der Waals surface area contributed by atoms with Crippen LogP contribution in [-0.2, 0) is 0 Å². The quantitative estimate of drug-likeness (QED) is 0.220. The van der Waals surface area contributed by atoms with Gasteiger partial charge in [-0.05, 0) is 123 Å². The largest absolute Gasteiger partial charge is 0.508 e. The topological polar surface area (TPSA) is 76.0 Å². The predicted molar refractivity (Wildman–Crippen MR) is 168 cm³/mol. The summed E-state index contributed by atoms with van der Waals surface area (Å²) in [6, 6.07) is 20.8. The van der Waals surface area contributed by atoms with Crippen LogP contribution in [0.3, 0.4) is 0 Å². The molecule has 1 amide bonds. The fourth-order valence-electron chi connectivity index (χ4n) is 4.66. The van der Waals surface area contributed by atoms with E-state index in [1.54, 1.807) is 18.2 Å². The molecule has 0 spiro atoms. The number of hydrogen-bond acceptors (Lipinski definition) is 5. The number of piperazine rings is 1. The van der Waals surface area contributed by atoms with Crippen molar-refractivity contribution in [3.8, 4) is 11.5 Å². The Morgan fingerprint density at radius 2 is 1.27 bits per heavy atom. The van der Waals surface area contributed by atoms with Crippen LogP contribution >= 0.6 is 15.9 Å². The number of benzene rings is 4. The highest BCUT2D eigenvalue weighted by Crippen LogP contribution is 2.29. The standard InChI is InChI=1S/C25H26FN3O2.C8H9BrO/c1-17-16-24(30)18(2)15-23(17)29-13-11-28(12-14-29)22-9-3-19(4-10-22)25(31)27-21-7-5-20(26)6-8-21;1-5-4-8(10)6(2)3-7(5)9/h3-10,15-16,30H,11-14H2,1-2H3,(H,27,31);3-4,10H,1-2H3. The first-order valence-electron chi connectivity index (χ1n) is 13.4. The van der Waals surface area contributed by atoms with Crippen molar-refractivity contribution in [3.63, 3.8) is 0 Å². The molecular formula is C33H35BrFN3O3. The van der Waals surface area contributed by atoms with Crippen LogP contribution in [0.1, 0.15) is 32.6 Å². The average molecular weight is 621 g/mol. The van der Waals surface area contributed by atoms with E-state index in [9.17, 15) is 19.4 Å². The Hall–Kier alpha value is -4.04. The summed E-state index contributed by atoms with van der Waals surface area (Å²) in [5, 5.41) is 21.9. The second-order valence-corrected chi connectivity index (χ2v) is 11.1. The monoisotopic (exact) mass is 619 g/mol. The van der Waals surface area contributed by atoms with Crippen LogP contribution in [0.5, 0.6) is 11.5 Å². The number of phenolic OH excluding ortho intramolecular Hbond substituents is 2. The van der Waals surface area contributed by atoms with Gasteiger partial charge in [-0.15, -0.1) is 0 Å². The molecule has 1 aliphatic heterocycles. The molecule has 1 fully saturated rings. The van der Waals surface area contributed by atoms with E-state index in [0.717, 1.165) is 58.6 Å². The van der Waals surface area contributed by atoms with E-state index in [1.807, 2.05) is 64.1 Å². The van der Waals surface area contributed by atoms with E-state index >= 15 is 0 Å². The summed E-state index contributed by atoms with van der Waals surface area (Å²) in [5.41, 5.74) is 7.29. The molecule has 0 aliphatic carbocycles. The number of anilines is 3. The van der Waals surface area contributed by atoms with Crippen LogP contribution in [0.25, 0.3) is 0 Å². The molecule has 4 aromatic carbocycles. The maximum Gasteiger partial charge on any atom is 0.255 e. The third kappa shape index (κ3) is 7.58. The lowest BCUT2D eigenvalue weighted by atomic mass is 10.1. The summed E-state index contributed by atoms with van der Waals surface area (Å²) in [6.07, 6.45) is 0. The van der Waals surface area contributed by atoms with Crippen LogP contribution < -0.4 is 15.1 Å². The number of amides is 1. The van der Waals surface area contributed by atoms with Gasteiger partial charge in [-0.3, -0.25) is 4.79 Å². The molecule has 3 N–H and O–H groups in total. The molecule has 0 radical (unpaired) electrons. The van der Waals surface area contributed by atoms with Crippen molar-refractivity contribution < 1.29 is 19.4 Å². The third-order valence-corrected chi connectivity index (χ3v) is 8.06. The van der Waals surface area contributed by atoms with Gasteiger partial charge in [0.15, 0.2) is 0 Å². The highest BCUT2D eigenvalue weighted by atomic mass is 79.9. The SMILES string of the molecule is Cc1cc(Br)c(C)cc1O.Cc1cc(N2CCN(c3ccc(C(=O)Nc4ccc(F)cc4)cc3)CC2)c(C)cc1O. The maximum atomic E-state index is 13.0. The van der Waals surface area contributed by atoms with Crippen molar-refractivity contribution in [2.75, 3.05) is 41.3 Å². The molecule has 0 aromatic heterocycles. The van der Waals surface area contributed by atoms with Gasteiger partial charge in [0.1, 0.15) is 17.3 Å². The maximum absolute atomic E-state index is 13.0. The van der Waals surface area contributed by atoms with Gasteiger partial charge in [-0.1, -0.05) is 15.9 Å². The molecule has 0 atom stereocenters. The highest BCUT2D eigenvalue weighted by Gasteiger charge is 2.20. The molecule has 214 valence electrons. The molecule has 1 heterocycles. The molecule has 0 bridgehead atoms. The Kier molecular flexibility index (Phi) is 9.55. The molecule has 8 heteroatoms. The molecule has 1 saturated heterocycles. The lowest BCUT2D eigenvalue weighted by Gasteiger charge is -2.38. The van der Waals surface area contributed by atoms with Gasteiger partial charge in [0.05, 0.1) is 0 Å². The van der Waals surface area contributed by atoms with E-state index in [4.69, 9.17) is 0 Å². The van der Waals surface area contributed by atoms with Crippen molar-refractivity contribution in [2.45, 2.75) is 27.7 Å². The summed E-state index contributed by atoms with van der Waals surface area (Å²) >= 11 is 3.37. The zero-order valence-electron chi connectivity index (χ0n) is 23.7. The molecule has 0 saturated carbocycles. The molecule has 6 nitrogen and oxygen atoms in total. The molecule has 0 unspecified atom stereocenters. The second kappa shape index (κ2) is 13.1. The zero-order chi connectivity index (χ0) is 29.7. The Morgan fingerprint density at radius 3 is 1.85 bits per heavy atom. The minimum absolute atomic E-state index is 0.221. The van der Waals surface area contributed by atoms with Gasteiger partial charge in [0.2, 0.25) is 0 Å². The van der Waals surface area contributed by atoms with Crippen LogP contribution in [0.4, 0.5) is 21.5 Å². The number of rotatable bonds is 4. The fourth-order valence-corrected chi connectivity index (χ4v) is 5.12. The van der Waals surface area contributed by atoms with E-state index in [1.165, 1.54) is 17.8 Å². The average Bonchev–Trinajstić information content (AvgIpc) is 2.96. The van der Waals surface area contributed by atoms with Crippen LogP contribution in [0.2, 0.25) is 0 Å². The smallest absolute Gasteiger partial charge is 0.255 e. The van der Waals surface area contributed by atoms with E-state index in [-0.39, 0.29) is 11.7 Å². The molecule has 41 heavy (non-hydrogen) atoms. The molecular weight excluding hydrogens is 585 g/mol. The van der Waals surface area contributed by atoms with Crippen molar-refractivity contribution in [3.05, 3.63) is 111 Å². The molecule has 5 rings (SSSR count). The Labute approximate surface area is 249 Å². The highest BCUT2D eigenvalue weighted by molar-refractivity contribution is 9.10. The summed E-state index contributed by atoms with van der Waals surface area (Å²) < 4.78 is 14.1. The van der Waals surface area contributed by atoms with Crippen LogP contribution in [0, 0.1) is 33.5 Å². The van der Waals surface area contributed by atoms with Gasteiger partial charge < -0.3 is 25.3 Å². The first kappa shape index (κ1) is 29.9. The Morgan fingerprint density at radius 1 is 0.732 bits per heavy atom. The number of carbonyl (C=O) groups is 1. The molecule has 4 aromatic rings. The summed E-state index contributed by atoms with van der Waals surface area (Å²) in [6.45, 7) is 11.3. The number of aryl methyl sites for hydroxylation is 4. The first-order chi connectivity index (χ1) is 19.5. The van der Waals surface area contributed by atoms with Crippen molar-refractivity contribution in [1.29, 1.82) is 0 Å². The van der Waals surface area contributed by atoms with Crippen LogP contribution in [-0.4, -0.2) is 42.3 Å². The van der Waals surface area contributed by atoms with Crippen molar-refractivity contribution in [2.24, 2.45) is 0 Å². The number of nitrogens with zero attached hydrogens (tertiary/aromatic N) is 2. The minimum Gasteiger partial charge on any atom is -0.508 e. The number of hydrogen-bond donors (Lipinski definition) is 3. The fraction of sp³-hybridized carbons (Fsp3) is 0.242. The first-order valence-corrected chi connectivity index (χ1v) is 14.2. The van der Waals surface area contributed by atoms with E-state index < -0.39 is 0 Å². The number of nitrogens with one attached hydrogen (secondary N) is 1. The lowest BCUT2D eigenvalue weighted by molar-refractivity contribution is 0.102. The van der Waals surface area contributed by atoms with Gasteiger partial charge in [-0.25, -0.2) is 4.39 Å². The van der Waals surface area contributed by atoms with E-state index in [2.05, 4.69) is 37.1 Å². The van der Waals surface area contributed by atoms with Crippen molar-refractivity contribution in [1.82, 2.24) is 0 Å². The third-order valence-electron chi connectivity index (χ3n) is 7.21. The number of phenols is 2. The van der Waals surface area contributed by atoms with Gasteiger partial charge in [-0.2, -0.15) is 0 Å². The Balaban J connectivity index is 0.000000328. The predicted octanol–water partition coefficient (Wildman–Crippen LogP) is 7.50. The summed E-state index contributed by atoms with van der Waals surface area (Å²) in [7, 11) is 0. The number of aromatic hydroxyl groups is 2. The van der Waals surface area contributed by atoms with Crippen molar-refractivity contribution >= 4 is 38.9 Å². The number of carbonyl (C=O) groups excluding carboxylic acids is 1. The summed E-state index contributed by atoms with van der Waals surface area (Å²) in [4.78, 5) is 17.1. The number of halogens is 2. The van der Waals surface area contributed by atoms with Gasteiger partial charge in [0, 0.05) is 53.3 Å². The van der Waals surface area contributed by atoms with E-state index in [0.29, 0.717) is 22.7 Å². The zero-order valence-corrected chi connectivity index (χ0v) is 25.3. The van der Waals surface area contributed by atoms with Crippen LogP contribution in [0.15, 0.2) is 77.3 Å². The van der Waals surface area contributed by atoms with Gasteiger partial charge >= 0.3 is 0 Å². The Bertz CT molecular complexity index is 1470.